The lowest BCUT2D eigenvalue weighted by molar-refractivity contribution is -0.117. The second-order valence-electron chi connectivity index (χ2n) is 7.33. The maximum atomic E-state index is 13.0. The average Bonchev–Trinajstić information content (AvgIpc) is 3.45. The molecule has 3 heterocycles. The number of amides is 1. The fourth-order valence-corrected chi connectivity index (χ4v) is 3.42. The van der Waals surface area contributed by atoms with Gasteiger partial charge in [-0.1, -0.05) is 18.2 Å². The number of carbonyl (C=O) groups excluding carboxylic acids is 1. The van der Waals surface area contributed by atoms with Gasteiger partial charge in [-0.3, -0.25) is 9.78 Å². The summed E-state index contributed by atoms with van der Waals surface area (Å²) in [5.41, 5.74) is 4.32. The Morgan fingerprint density at radius 3 is 2.83 bits per heavy atom. The Kier molecular flexibility index (Phi) is 5.00. The SMILES string of the molecule is CC/C(=N/O)C1C=C(C)C(c2cnc3cc(NC(=O)C4CC4F)ncc3c2)=CN1. The van der Waals surface area contributed by atoms with E-state index < -0.39 is 12.1 Å². The minimum Gasteiger partial charge on any atom is -0.411 e. The third-order valence-corrected chi connectivity index (χ3v) is 5.28. The number of fused-ring (bicyclic) bond motifs is 1. The Morgan fingerprint density at radius 1 is 1.38 bits per heavy atom. The van der Waals surface area contributed by atoms with Crippen molar-refractivity contribution >= 4 is 33.9 Å². The lowest BCUT2D eigenvalue weighted by Crippen LogP contribution is -2.33. The fourth-order valence-electron chi connectivity index (χ4n) is 3.42. The highest BCUT2D eigenvalue weighted by Gasteiger charge is 2.43. The van der Waals surface area contributed by atoms with Crippen LogP contribution in [0, 0.1) is 5.92 Å². The predicted octanol–water partition coefficient (Wildman–Crippen LogP) is 3.43. The topological polar surface area (TPSA) is 99.5 Å². The van der Waals surface area contributed by atoms with E-state index >= 15 is 0 Å². The second-order valence-corrected chi connectivity index (χ2v) is 7.33. The first kappa shape index (κ1) is 19.0. The van der Waals surface area contributed by atoms with E-state index in [9.17, 15) is 9.18 Å². The number of pyridine rings is 2. The molecule has 1 aliphatic carbocycles. The molecule has 1 fully saturated rings. The number of oxime groups is 1. The van der Waals surface area contributed by atoms with Gasteiger partial charge in [-0.15, -0.1) is 0 Å². The van der Waals surface area contributed by atoms with Gasteiger partial charge < -0.3 is 15.8 Å². The highest BCUT2D eigenvalue weighted by molar-refractivity contribution is 5.96. The van der Waals surface area contributed by atoms with Gasteiger partial charge in [-0.25, -0.2) is 9.37 Å². The number of anilines is 1. The number of hydrogen-bond donors (Lipinski definition) is 3. The molecule has 0 aromatic carbocycles. The Labute approximate surface area is 167 Å². The van der Waals surface area contributed by atoms with Crippen LogP contribution in [0.3, 0.4) is 0 Å². The van der Waals surface area contributed by atoms with E-state index in [1.807, 2.05) is 32.2 Å². The summed E-state index contributed by atoms with van der Waals surface area (Å²) in [7, 11) is 0. The number of nitrogens with one attached hydrogen (secondary N) is 2. The molecule has 0 bridgehead atoms. The molecule has 3 unspecified atom stereocenters. The minimum atomic E-state index is -1.04. The van der Waals surface area contributed by atoms with Crippen molar-refractivity contribution in [1.82, 2.24) is 15.3 Å². The Bertz CT molecular complexity index is 1060. The first-order valence-corrected chi connectivity index (χ1v) is 9.57. The molecule has 0 saturated heterocycles. The van der Waals surface area contributed by atoms with E-state index in [1.54, 1.807) is 18.5 Å². The van der Waals surface area contributed by atoms with E-state index in [-0.39, 0.29) is 18.4 Å². The van der Waals surface area contributed by atoms with Crippen molar-refractivity contribution in [2.24, 2.45) is 11.1 Å². The van der Waals surface area contributed by atoms with E-state index in [2.05, 4.69) is 25.8 Å². The van der Waals surface area contributed by atoms with Crippen LogP contribution in [0.15, 0.2) is 47.5 Å². The number of halogens is 1. The highest BCUT2D eigenvalue weighted by Crippen LogP contribution is 2.34. The summed E-state index contributed by atoms with van der Waals surface area (Å²) < 4.78 is 13.0. The van der Waals surface area contributed by atoms with Crippen molar-refractivity contribution in [3.05, 3.63) is 47.9 Å². The summed E-state index contributed by atoms with van der Waals surface area (Å²) in [5, 5.41) is 19.2. The molecule has 7 nitrogen and oxygen atoms in total. The third-order valence-electron chi connectivity index (χ3n) is 5.28. The van der Waals surface area contributed by atoms with Crippen molar-refractivity contribution in [2.75, 3.05) is 5.32 Å². The Balaban J connectivity index is 1.54. The molecule has 3 atom stereocenters. The maximum Gasteiger partial charge on any atom is 0.231 e. The smallest absolute Gasteiger partial charge is 0.231 e. The summed E-state index contributed by atoms with van der Waals surface area (Å²) in [5.74, 6) is -0.529. The molecule has 1 amide bonds. The summed E-state index contributed by atoms with van der Waals surface area (Å²) >= 11 is 0. The molecule has 150 valence electrons. The van der Waals surface area contributed by atoms with Crippen molar-refractivity contribution in [3.63, 3.8) is 0 Å². The molecule has 1 saturated carbocycles. The van der Waals surface area contributed by atoms with E-state index in [4.69, 9.17) is 5.21 Å². The Morgan fingerprint density at radius 2 is 2.17 bits per heavy atom. The zero-order valence-corrected chi connectivity index (χ0v) is 16.2. The molecule has 3 N–H and O–H groups in total. The quantitative estimate of drug-likeness (QED) is 0.409. The van der Waals surface area contributed by atoms with Gasteiger partial charge in [-0.2, -0.15) is 0 Å². The van der Waals surface area contributed by atoms with Crippen molar-refractivity contribution in [1.29, 1.82) is 0 Å². The predicted molar refractivity (Wildman–Crippen MR) is 109 cm³/mol. The van der Waals surface area contributed by atoms with Crippen LogP contribution in [-0.2, 0) is 4.79 Å². The molecule has 2 aromatic rings. The van der Waals surface area contributed by atoms with Crippen LogP contribution in [0.2, 0.25) is 0 Å². The summed E-state index contributed by atoms with van der Waals surface area (Å²) in [6.07, 6.45) is 7.21. The van der Waals surface area contributed by atoms with Crippen LogP contribution in [0.5, 0.6) is 0 Å². The lowest BCUT2D eigenvalue weighted by Gasteiger charge is -2.22. The van der Waals surface area contributed by atoms with Gasteiger partial charge in [0.1, 0.15) is 12.0 Å². The summed E-state index contributed by atoms with van der Waals surface area (Å²) in [6, 6.07) is 3.53. The largest absolute Gasteiger partial charge is 0.411 e. The van der Waals surface area contributed by atoms with Gasteiger partial charge in [0.15, 0.2) is 0 Å². The normalized spacial score (nSPS) is 23.8. The molecule has 1 aliphatic heterocycles. The molecule has 8 heteroatoms. The molecule has 29 heavy (non-hydrogen) atoms. The van der Waals surface area contributed by atoms with Crippen LogP contribution in [0.1, 0.15) is 32.3 Å². The van der Waals surface area contributed by atoms with Gasteiger partial charge in [0.05, 0.1) is 23.2 Å². The summed E-state index contributed by atoms with van der Waals surface area (Å²) in [6.45, 7) is 3.94. The molecule has 2 aromatic heterocycles. The number of rotatable bonds is 5. The Hall–Kier alpha value is -3.29. The number of alkyl halides is 1. The first-order chi connectivity index (χ1) is 14.0. The zero-order chi connectivity index (χ0) is 20.5. The van der Waals surface area contributed by atoms with Crippen LogP contribution in [-0.4, -0.2) is 39.0 Å². The number of nitrogens with zero attached hydrogens (tertiary/aromatic N) is 3. The number of carbonyl (C=O) groups is 1. The first-order valence-electron chi connectivity index (χ1n) is 9.57. The van der Waals surface area contributed by atoms with E-state index in [0.29, 0.717) is 23.5 Å². The average molecular weight is 395 g/mol. The molecule has 2 aliphatic rings. The number of aromatic nitrogens is 2. The number of allylic oxidation sites excluding steroid dienone is 2. The molecular formula is C21H22FN5O2. The van der Waals surface area contributed by atoms with Gasteiger partial charge >= 0.3 is 0 Å². The standard InChI is InChI=1S/C21H22FN5O2/c1-3-17(27-29)19-4-11(2)15(10-24-19)12-5-13-9-25-20(7-18(13)23-8-12)26-21(28)14-6-16(14)22/h4-5,7-10,14,16,19,24,29H,3,6H2,1-2H3,(H,25,26,28)/b27-17-. The van der Waals surface area contributed by atoms with Crippen LogP contribution >= 0.6 is 0 Å². The van der Waals surface area contributed by atoms with Crippen LogP contribution in [0.25, 0.3) is 16.5 Å². The second kappa shape index (κ2) is 7.62. The van der Waals surface area contributed by atoms with Crippen molar-refractivity contribution in [3.8, 4) is 0 Å². The van der Waals surface area contributed by atoms with Gasteiger partial charge in [0.25, 0.3) is 0 Å². The van der Waals surface area contributed by atoms with Gasteiger partial charge in [0, 0.05) is 41.2 Å². The van der Waals surface area contributed by atoms with Crippen LogP contribution in [0.4, 0.5) is 10.2 Å². The number of dihydropyridines is 1. The molecular weight excluding hydrogens is 373 g/mol. The van der Waals surface area contributed by atoms with Crippen molar-refractivity contribution < 1.29 is 14.4 Å². The van der Waals surface area contributed by atoms with Gasteiger partial charge in [0.2, 0.25) is 5.91 Å². The number of hydrogen-bond acceptors (Lipinski definition) is 6. The monoisotopic (exact) mass is 395 g/mol. The van der Waals surface area contributed by atoms with E-state index in [0.717, 1.165) is 22.1 Å². The molecule has 4 rings (SSSR count). The molecule has 0 spiro atoms. The highest BCUT2D eigenvalue weighted by atomic mass is 19.1. The lowest BCUT2D eigenvalue weighted by atomic mass is 9.94. The molecule has 0 radical (unpaired) electrons. The zero-order valence-electron chi connectivity index (χ0n) is 16.2. The summed E-state index contributed by atoms with van der Waals surface area (Å²) in [4.78, 5) is 20.6. The van der Waals surface area contributed by atoms with Gasteiger partial charge in [-0.05, 0) is 31.4 Å². The fraction of sp³-hybridized carbons (Fsp3) is 0.333. The maximum absolute atomic E-state index is 13.0. The van der Waals surface area contributed by atoms with E-state index in [1.165, 1.54) is 0 Å². The third kappa shape index (κ3) is 3.83. The van der Waals surface area contributed by atoms with Crippen molar-refractivity contribution in [2.45, 2.75) is 38.9 Å². The minimum absolute atomic E-state index is 0.134. The van der Waals surface area contributed by atoms with Crippen LogP contribution < -0.4 is 10.6 Å².